The van der Waals surface area contributed by atoms with Crippen LogP contribution in [0.2, 0.25) is 0 Å². The quantitative estimate of drug-likeness (QED) is 0.697. The molecule has 9 heteroatoms. The van der Waals surface area contributed by atoms with Gasteiger partial charge in [-0.15, -0.1) is 5.10 Å². The fourth-order valence-electron chi connectivity index (χ4n) is 3.75. The van der Waals surface area contributed by atoms with Gasteiger partial charge in [-0.3, -0.25) is 9.69 Å². The normalized spacial score (nSPS) is 17.1. The van der Waals surface area contributed by atoms with Crippen molar-refractivity contribution < 1.29 is 13.6 Å². The number of hydrogen-bond donors (Lipinski definition) is 1. The Bertz CT molecular complexity index is 1050. The standard InChI is InChI=1S/C21H22F2N6O/c1-14-25-26-27-29(14)18-7-8-19(23)20(11-18)24-21(30)16-5-3-9-28(13-16)12-15-4-2-6-17(22)10-15/h2,4,6-8,10-11,16H,3,5,9,12-13H2,1H3,(H,24,30). The highest BCUT2D eigenvalue weighted by Crippen LogP contribution is 2.23. The SMILES string of the molecule is Cc1nnnn1-c1ccc(F)c(NC(=O)C2CCCN(Cc3cccc(F)c3)C2)c1. The first kappa shape index (κ1) is 20.1. The third-order valence-corrected chi connectivity index (χ3v) is 5.25. The van der Waals surface area contributed by atoms with E-state index in [1.165, 1.54) is 28.9 Å². The van der Waals surface area contributed by atoms with Crippen LogP contribution in [0.1, 0.15) is 24.2 Å². The van der Waals surface area contributed by atoms with Gasteiger partial charge in [0.2, 0.25) is 5.91 Å². The van der Waals surface area contributed by atoms with Gasteiger partial charge in [0, 0.05) is 13.1 Å². The lowest BCUT2D eigenvalue weighted by Crippen LogP contribution is -2.40. The van der Waals surface area contributed by atoms with Crippen molar-refractivity contribution in [3.8, 4) is 5.69 Å². The van der Waals surface area contributed by atoms with Crippen LogP contribution < -0.4 is 5.32 Å². The van der Waals surface area contributed by atoms with Gasteiger partial charge >= 0.3 is 0 Å². The smallest absolute Gasteiger partial charge is 0.228 e. The zero-order chi connectivity index (χ0) is 21.1. The number of benzene rings is 2. The summed E-state index contributed by atoms with van der Waals surface area (Å²) in [5, 5.41) is 14.0. The largest absolute Gasteiger partial charge is 0.323 e. The van der Waals surface area contributed by atoms with Gasteiger partial charge in [-0.1, -0.05) is 12.1 Å². The van der Waals surface area contributed by atoms with E-state index >= 15 is 0 Å². The van der Waals surface area contributed by atoms with Gasteiger partial charge in [-0.25, -0.2) is 8.78 Å². The Kier molecular flexibility index (Phi) is 5.80. The number of nitrogens with one attached hydrogen (secondary N) is 1. The number of aromatic nitrogens is 4. The number of amides is 1. The van der Waals surface area contributed by atoms with E-state index < -0.39 is 5.82 Å². The molecule has 1 saturated heterocycles. The van der Waals surface area contributed by atoms with Crippen molar-refractivity contribution in [1.29, 1.82) is 0 Å². The van der Waals surface area contributed by atoms with Crippen molar-refractivity contribution in [3.05, 3.63) is 65.5 Å². The van der Waals surface area contributed by atoms with Crippen LogP contribution >= 0.6 is 0 Å². The minimum absolute atomic E-state index is 0.0923. The molecule has 0 spiro atoms. The molecule has 4 rings (SSSR count). The van der Waals surface area contributed by atoms with Crippen molar-refractivity contribution in [2.75, 3.05) is 18.4 Å². The molecule has 0 bridgehead atoms. The number of piperidine rings is 1. The Morgan fingerprint density at radius 3 is 2.87 bits per heavy atom. The lowest BCUT2D eigenvalue weighted by molar-refractivity contribution is -0.121. The van der Waals surface area contributed by atoms with Crippen LogP contribution in [0.25, 0.3) is 5.69 Å². The van der Waals surface area contributed by atoms with Crippen LogP contribution in [0, 0.1) is 24.5 Å². The fraction of sp³-hybridized carbons (Fsp3) is 0.333. The van der Waals surface area contributed by atoms with Crippen molar-refractivity contribution in [3.63, 3.8) is 0 Å². The lowest BCUT2D eigenvalue weighted by atomic mass is 9.96. The topological polar surface area (TPSA) is 75.9 Å². The third kappa shape index (κ3) is 4.51. The van der Waals surface area contributed by atoms with Crippen LogP contribution in [0.3, 0.4) is 0 Å². The van der Waals surface area contributed by atoms with Gasteiger partial charge < -0.3 is 5.32 Å². The van der Waals surface area contributed by atoms with Crippen molar-refractivity contribution in [2.24, 2.45) is 5.92 Å². The molecule has 1 atom stereocenters. The lowest BCUT2D eigenvalue weighted by Gasteiger charge is -2.32. The summed E-state index contributed by atoms with van der Waals surface area (Å²) in [5.41, 5.74) is 1.52. The molecule has 1 amide bonds. The van der Waals surface area contributed by atoms with Crippen molar-refractivity contribution in [2.45, 2.75) is 26.3 Å². The molecule has 0 saturated carbocycles. The first-order valence-corrected chi connectivity index (χ1v) is 9.82. The molecule has 2 heterocycles. The maximum absolute atomic E-state index is 14.3. The van der Waals surface area contributed by atoms with Gasteiger partial charge in [0.05, 0.1) is 17.3 Å². The molecular weight excluding hydrogens is 390 g/mol. The minimum atomic E-state index is -0.523. The zero-order valence-corrected chi connectivity index (χ0v) is 16.6. The molecule has 1 aliphatic rings. The second-order valence-electron chi connectivity index (χ2n) is 7.50. The molecule has 3 aromatic rings. The first-order valence-electron chi connectivity index (χ1n) is 9.82. The second kappa shape index (κ2) is 8.66. The predicted molar refractivity (Wildman–Crippen MR) is 107 cm³/mol. The number of hydrogen-bond acceptors (Lipinski definition) is 5. The Balaban J connectivity index is 1.44. The van der Waals surface area contributed by atoms with Gasteiger partial charge in [-0.05, 0) is 72.6 Å². The molecule has 0 radical (unpaired) electrons. The number of carbonyl (C=O) groups is 1. The molecular formula is C21H22F2N6O. The number of tetrazole rings is 1. The molecule has 2 aromatic carbocycles. The zero-order valence-electron chi connectivity index (χ0n) is 16.6. The van der Waals surface area contributed by atoms with E-state index in [0.29, 0.717) is 24.6 Å². The van der Waals surface area contributed by atoms with E-state index in [9.17, 15) is 13.6 Å². The molecule has 156 valence electrons. The molecule has 1 unspecified atom stereocenters. The Hall–Kier alpha value is -3.20. The van der Waals surface area contributed by atoms with Crippen LogP contribution in [0.5, 0.6) is 0 Å². The van der Waals surface area contributed by atoms with E-state index in [2.05, 4.69) is 25.7 Å². The number of likely N-dealkylation sites (tertiary alicyclic amines) is 1. The maximum Gasteiger partial charge on any atom is 0.228 e. The summed E-state index contributed by atoms with van der Waals surface area (Å²) < 4.78 is 29.2. The Morgan fingerprint density at radius 2 is 2.10 bits per heavy atom. The molecule has 1 N–H and O–H groups in total. The number of carbonyl (C=O) groups excluding carboxylic acids is 1. The molecule has 1 aromatic heterocycles. The minimum Gasteiger partial charge on any atom is -0.323 e. The van der Waals surface area contributed by atoms with E-state index in [4.69, 9.17) is 0 Å². The molecule has 30 heavy (non-hydrogen) atoms. The second-order valence-corrected chi connectivity index (χ2v) is 7.50. The highest BCUT2D eigenvalue weighted by molar-refractivity contribution is 5.93. The predicted octanol–water partition coefficient (Wildman–Crippen LogP) is 3.10. The number of nitrogens with zero attached hydrogens (tertiary/aromatic N) is 5. The van der Waals surface area contributed by atoms with Gasteiger partial charge in [0.1, 0.15) is 11.6 Å². The van der Waals surface area contributed by atoms with Gasteiger partial charge in [0.15, 0.2) is 5.82 Å². The highest BCUT2D eigenvalue weighted by atomic mass is 19.1. The summed E-state index contributed by atoms with van der Waals surface area (Å²) in [4.78, 5) is 14.9. The van der Waals surface area contributed by atoms with Crippen LogP contribution in [-0.4, -0.2) is 44.1 Å². The number of anilines is 1. The maximum atomic E-state index is 14.3. The molecule has 1 aliphatic heterocycles. The summed E-state index contributed by atoms with van der Waals surface area (Å²) in [5.74, 6) is -0.745. The van der Waals surface area contributed by atoms with E-state index in [-0.39, 0.29) is 23.3 Å². The number of rotatable bonds is 5. The van der Waals surface area contributed by atoms with Crippen LogP contribution in [0.15, 0.2) is 42.5 Å². The average molecular weight is 412 g/mol. The number of aryl methyl sites for hydroxylation is 1. The van der Waals surface area contributed by atoms with Gasteiger partial charge in [0.25, 0.3) is 0 Å². The van der Waals surface area contributed by atoms with E-state index in [1.54, 1.807) is 19.1 Å². The average Bonchev–Trinajstić information content (AvgIpc) is 3.16. The monoisotopic (exact) mass is 412 g/mol. The Labute approximate surface area is 172 Å². The van der Waals surface area contributed by atoms with Gasteiger partial charge in [-0.2, -0.15) is 4.68 Å². The first-order chi connectivity index (χ1) is 14.5. The summed E-state index contributed by atoms with van der Waals surface area (Å²) in [7, 11) is 0. The summed E-state index contributed by atoms with van der Waals surface area (Å²) in [6.07, 6.45) is 1.57. The number of halogens is 2. The van der Waals surface area contributed by atoms with Crippen LogP contribution in [-0.2, 0) is 11.3 Å². The molecule has 7 nitrogen and oxygen atoms in total. The summed E-state index contributed by atoms with van der Waals surface area (Å²) >= 11 is 0. The third-order valence-electron chi connectivity index (χ3n) is 5.25. The summed E-state index contributed by atoms with van der Waals surface area (Å²) in [6, 6.07) is 10.8. The highest BCUT2D eigenvalue weighted by Gasteiger charge is 2.26. The van der Waals surface area contributed by atoms with Crippen LogP contribution in [0.4, 0.5) is 14.5 Å². The van der Waals surface area contributed by atoms with Crippen molar-refractivity contribution in [1.82, 2.24) is 25.1 Å². The molecule has 1 fully saturated rings. The Morgan fingerprint density at radius 1 is 1.23 bits per heavy atom. The van der Waals surface area contributed by atoms with Crippen molar-refractivity contribution >= 4 is 11.6 Å². The van der Waals surface area contributed by atoms with E-state index in [0.717, 1.165) is 24.9 Å². The van der Waals surface area contributed by atoms with E-state index in [1.807, 2.05) is 6.07 Å². The molecule has 0 aliphatic carbocycles. The fourth-order valence-corrected chi connectivity index (χ4v) is 3.75. The summed E-state index contributed by atoms with van der Waals surface area (Å²) in [6.45, 7) is 3.68.